The molecular weight excluding hydrogens is 839 g/mol. The minimum atomic E-state index is 0. The van der Waals surface area contributed by atoms with E-state index in [1.54, 1.807) is 0 Å². The first-order valence-electron chi connectivity index (χ1n) is 0. The molecule has 0 N–H and O–H groups in total. The molecule has 0 spiro atoms. The van der Waals surface area contributed by atoms with E-state index in [0.717, 1.165) is 0 Å². The van der Waals surface area contributed by atoms with Gasteiger partial charge in [0.05, 0.1) is 0 Å². The van der Waals surface area contributed by atoms with Crippen molar-refractivity contribution in [3.63, 3.8) is 0 Å². The average molecular weight is 839 g/mol. The molecule has 13 heteroatoms. The maximum Gasteiger partial charge on any atom is 3.00 e. The molecule has 0 saturated heterocycles. The van der Waals surface area contributed by atoms with E-state index in [4.69, 9.17) is 0 Å². The van der Waals surface area contributed by atoms with Crippen LogP contribution in [-0.4, -0.2) is 97.8 Å². The van der Waals surface area contributed by atoms with E-state index in [2.05, 4.69) is 0 Å². The van der Waals surface area contributed by atoms with E-state index in [1.165, 1.54) is 0 Å². The van der Waals surface area contributed by atoms with Gasteiger partial charge < -0.3 is 38.3 Å². The fraction of sp³-hybridized carbons (Fsp3) is 0. The molecule has 0 aromatic rings. The monoisotopic (exact) mass is 841 g/mol. The van der Waals surface area contributed by atoms with Gasteiger partial charge in [0.25, 0.3) is 0 Å². The van der Waals surface area contributed by atoms with Crippen LogP contribution in [0.5, 0.6) is 0 Å². The Morgan fingerprint density at radius 3 is 0.308 bits per heavy atom. The molecule has 7 nitrogen and oxygen atoms in total. The molecule has 0 aromatic heterocycles. The van der Waals surface area contributed by atoms with Crippen molar-refractivity contribution in [2.24, 2.45) is 0 Å². The zero-order valence-corrected chi connectivity index (χ0v) is 20.3. The average Bonchev–Trinajstić information content (AvgIpc) is 0. The van der Waals surface area contributed by atoms with Gasteiger partial charge in [-0.1, -0.05) is 0 Å². The van der Waals surface area contributed by atoms with Crippen LogP contribution in [0.4, 0.5) is 0 Å². The first-order chi connectivity index (χ1) is 0. The van der Waals surface area contributed by atoms with Crippen LogP contribution in [0.15, 0.2) is 0 Å². The van der Waals surface area contributed by atoms with Crippen molar-refractivity contribution in [1.82, 2.24) is 0 Å². The van der Waals surface area contributed by atoms with Crippen LogP contribution >= 0.6 is 0 Å². The first kappa shape index (κ1) is 159. The Hall–Kier alpha value is 6.45. The van der Waals surface area contributed by atoms with Gasteiger partial charge in [-0.25, -0.2) is 0 Å². The Morgan fingerprint density at radius 1 is 0.308 bits per heavy atom. The summed E-state index contributed by atoms with van der Waals surface area (Å²) in [5.41, 5.74) is 0. The van der Waals surface area contributed by atoms with Gasteiger partial charge in [0.2, 0.25) is 0 Å². The standard InChI is InChI=1S/2Ba.2Cu.2Dy.7O/q4*+2;2*+3;7*-2. The summed E-state index contributed by atoms with van der Waals surface area (Å²) in [5.74, 6) is 0. The Bertz CT molecular complexity index is 22.5. The molecular formula is Ba2Cu2Dy2O7. The van der Waals surface area contributed by atoms with Gasteiger partial charge in [0.15, 0.2) is 0 Å². The largest absolute Gasteiger partial charge is 3.00 e. The Kier molecular flexibility index (Phi) is 1650. The van der Waals surface area contributed by atoms with E-state index >= 15 is 0 Å². The zero-order chi connectivity index (χ0) is 0. The summed E-state index contributed by atoms with van der Waals surface area (Å²) in [6.07, 6.45) is 0. The van der Waals surface area contributed by atoms with Crippen LogP contribution in [0.3, 0.4) is 0 Å². The van der Waals surface area contributed by atoms with Crippen LogP contribution in [0.1, 0.15) is 0 Å². The molecule has 0 aliphatic rings. The van der Waals surface area contributed by atoms with Crippen molar-refractivity contribution < 1.29 is 149 Å². The number of rotatable bonds is 0. The summed E-state index contributed by atoms with van der Waals surface area (Å²) in [5, 5.41) is 0. The van der Waals surface area contributed by atoms with E-state index in [9.17, 15) is 0 Å². The SMILES string of the molecule is [Ba+2].[Ba+2].[Cu+2].[Cu+2].[Dy+3].[Dy+3].[O-2].[O-2].[O-2].[O-2].[O-2].[O-2].[O-2]. The molecule has 88 valence electrons. The first-order valence-corrected chi connectivity index (χ1v) is 0. The quantitative estimate of drug-likeness (QED) is 0.254. The molecule has 0 heterocycles. The Balaban J connectivity index is 0. The third-order valence-corrected chi connectivity index (χ3v) is 0. The van der Waals surface area contributed by atoms with Crippen molar-refractivity contribution in [3.8, 4) is 0 Å². The normalized spacial score (nSPS) is 0. The Labute approximate surface area is 239 Å². The third kappa shape index (κ3) is 120. The molecule has 0 aliphatic heterocycles. The zero-order valence-electron chi connectivity index (χ0n) is 5.51. The fourth-order valence-corrected chi connectivity index (χ4v) is 0. The second-order valence-electron chi connectivity index (χ2n) is 0. The minimum absolute atomic E-state index is 0. The molecule has 0 atom stereocenters. The summed E-state index contributed by atoms with van der Waals surface area (Å²) in [6.45, 7) is 0. The second kappa shape index (κ2) is 135. The van der Waals surface area contributed by atoms with Crippen molar-refractivity contribution >= 4 is 97.8 Å². The molecule has 0 bridgehead atoms. The smallest absolute Gasteiger partial charge is 2.00 e. The van der Waals surface area contributed by atoms with Gasteiger partial charge >= 0.3 is 208 Å². The number of hydrogen-bond donors (Lipinski definition) is 0. The summed E-state index contributed by atoms with van der Waals surface area (Å²) in [4.78, 5) is 0. The minimum Gasteiger partial charge on any atom is -2.00 e. The topological polar surface area (TPSA) is 200 Å². The van der Waals surface area contributed by atoms with Gasteiger partial charge in [0, 0.05) is 0 Å². The maximum atomic E-state index is 0. The van der Waals surface area contributed by atoms with E-state index in [-0.39, 0.29) is 247 Å². The summed E-state index contributed by atoms with van der Waals surface area (Å²) >= 11 is 0. The molecule has 0 unspecified atom stereocenters. The van der Waals surface area contributed by atoms with Gasteiger partial charge in [-0.2, -0.15) is 0 Å². The van der Waals surface area contributed by atoms with Gasteiger partial charge in [0.1, 0.15) is 0 Å². The fourth-order valence-electron chi connectivity index (χ4n) is 0. The molecule has 0 aromatic carbocycles. The second-order valence-corrected chi connectivity index (χ2v) is 0. The Morgan fingerprint density at radius 2 is 0.308 bits per heavy atom. The molecule has 0 aliphatic carbocycles. The summed E-state index contributed by atoms with van der Waals surface area (Å²) in [7, 11) is 0. The van der Waals surface area contributed by atoms with Gasteiger partial charge in [-0.3, -0.25) is 0 Å². The van der Waals surface area contributed by atoms with Crippen LogP contribution in [-0.2, 0) is 72.5 Å². The van der Waals surface area contributed by atoms with E-state index in [1.807, 2.05) is 0 Å². The third-order valence-electron chi connectivity index (χ3n) is 0. The molecule has 0 rings (SSSR count). The summed E-state index contributed by atoms with van der Waals surface area (Å²) < 4.78 is 0. The van der Waals surface area contributed by atoms with E-state index < -0.39 is 0 Å². The van der Waals surface area contributed by atoms with Gasteiger partial charge in [-0.05, 0) is 0 Å². The predicted octanol–water partition coefficient (Wildman–Crippen LogP) is -1.60. The van der Waals surface area contributed by atoms with Crippen molar-refractivity contribution in [3.05, 3.63) is 0 Å². The molecule has 0 amide bonds. The predicted molar refractivity (Wildman–Crippen MR) is 16.3 cm³/mol. The molecule has 0 fully saturated rings. The molecule has 4 radical (unpaired) electrons. The van der Waals surface area contributed by atoms with Crippen LogP contribution in [0, 0.1) is 76.3 Å². The number of hydrogen-bond acceptors (Lipinski definition) is 0. The summed E-state index contributed by atoms with van der Waals surface area (Å²) in [6, 6.07) is 0. The molecule has 13 heavy (non-hydrogen) atoms. The van der Waals surface area contributed by atoms with Gasteiger partial charge in [-0.15, -0.1) is 0 Å². The maximum absolute atomic E-state index is 0. The van der Waals surface area contributed by atoms with E-state index in [0.29, 0.717) is 0 Å². The van der Waals surface area contributed by atoms with Crippen LogP contribution < -0.4 is 0 Å². The van der Waals surface area contributed by atoms with Crippen LogP contribution in [0.2, 0.25) is 0 Å². The van der Waals surface area contributed by atoms with Crippen molar-refractivity contribution in [2.45, 2.75) is 0 Å². The molecule has 0 saturated carbocycles. The van der Waals surface area contributed by atoms with Crippen molar-refractivity contribution in [1.29, 1.82) is 0 Å². The van der Waals surface area contributed by atoms with Crippen LogP contribution in [0.25, 0.3) is 0 Å². The van der Waals surface area contributed by atoms with Crippen molar-refractivity contribution in [2.75, 3.05) is 0 Å².